The minimum atomic E-state index is 0.0685. The van der Waals surface area contributed by atoms with Crippen molar-refractivity contribution in [3.05, 3.63) is 60.7 Å². The highest BCUT2D eigenvalue weighted by Gasteiger charge is 2.02. The Bertz CT molecular complexity index is 542. The summed E-state index contributed by atoms with van der Waals surface area (Å²) in [6.07, 6.45) is 0. The number of hydrazone groups is 2. The van der Waals surface area contributed by atoms with E-state index in [0.717, 1.165) is 11.4 Å². The SMILES string of the molecule is ClC(=N/Nc1ccccc1)/C(Cl)=N\Nc1ccccc1. The van der Waals surface area contributed by atoms with E-state index in [0.29, 0.717) is 0 Å². The molecule has 2 aromatic rings. The Labute approximate surface area is 127 Å². The Morgan fingerprint density at radius 2 is 1.00 bits per heavy atom. The highest BCUT2D eigenvalue weighted by molar-refractivity contribution is 7.00. The zero-order valence-corrected chi connectivity index (χ0v) is 11.9. The maximum Gasteiger partial charge on any atom is 0.188 e. The van der Waals surface area contributed by atoms with Gasteiger partial charge in [0.1, 0.15) is 0 Å². The molecule has 2 N–H and O–H groups in total. The van der Waals surface area contributed by atoms with Crippen LogP contribution in [0.3, 0.4) is 0 Å². The molecule has 0 aromatic heterocycles. The molecular weight excluding hydrogens is 295 g/mol. The molecule has 20 heavy (non-hydrogen) atoms. The quantitative estimate of drug-likeness (QED) is 0.638. The third-order valence-corrected chi connectivity index (χ3v) is 2.91. The van der Waals surface area contributed by atoms with Gasteiger partial charge in [-0.15, -0.1) is 0 Å². The van der Waals surface area contributed by atoms with Crippen molar-refractivity contribution < 1.29 is 0 Å². The zero-order valence-electron chi connectivity index (χ0n) is 10.4. The van der Waals surface area contributed by atoms with Gasteiger partial charge in [0.15, 0.2) is 10.3 Å². The summed E-state index contributed by atoms with van der Waals surface area (Å²) >= 11 is 11.9. The van der Waals surface area contributed by atoms with Crippen molar-refractivity contribution in [1.82, 2.24) is 0 Å². The third-order valence-electron chi connectivity index (χ3n) is 2.28. The van der Waals surface area contributed by atoms with Gasteiger partial charge in [-0.05, 0) is 24.3 Å². The standard InChI is InChI=1S/C14H12Cl2N4/c15-13(19-17-11-7-3-1-4-8-11)14(16)20-18-12-9-5-2-6-10-12/h1-10,17-18H/b19-13+,20-14+. The van der Waals surface area contributed by atoms with E-state index in [-0.39, 0.29) is 10.3 Å². The summed E-state index contributed by atoms with van der Waals surface area (Å²) in [6, 6.07) is 18.8. The zero-order chi connectivity index (χ0) is 14.2. The maximum atomic E-state index is 5.93. The molecule has 0 bridgehead atoms. The number of nitrogens with zero attached hydrogens (tertiary/aromatic N) is 2. The molecule has 0 heterocycles. The lowest BCUT2D eigenvalue weighted by molar-refractivity contribution is 1.34. The van der Waals surface area contributed by atoms with Crippen LogP contribution in [0.4, 0.5) is 11.4 Å². The van der Waals surface area contributed by atoms with Gasteiger partial charge >= 0.3 is 0 Å². The minimum absolute atomic E-state index is 0.0685. The van der Waals surface area contributed by atoms with Crippen molar-refractivity contribution in [3.8, 4) is 0 Å². The fourth-order valence-corrected chi connectivity index (χ4v) is 1.51. The van der Waals surface area contributed by atoms with Gasteiger partial charge in [0.2, 0.25) is 0 Å². The summed E-state index contributed by atoms with van der Waals surface area (Å²) in [5.74, 6) is 0. The second kappa shape index (κ2) is 7.53. The van der Waals surface area contributed by atoms with E-state index in [9.17, 15) is 0 Å². The van der Waals surface area contributed by atoms with E-state index in [2.05, 4.69) is 21.1 Å². The summed E-state index contributed by atoms with van der Waals surface area (Å²) in [7, 11) is 0. The first kappa shape index (κ1) is 14.4. The summed E-state index contributed by atoms with van der Waals surface area (Å²) in [5.41, 5.74) is 7.20. The van der Waals surface area contributed by atoms with E-state index < -0.39 is 0 Å². The first-order chi connectivity index (χ1) is 9.75. The summed E-state index contributed by atoms with van der Waals surface area (Å²) in [6.45, 7) is 0. The van der Waals surface area contributed by atoms with Gasteiger partial charge in [-0.2, -0.15) is 10.2 Å². The van der Waals surface area contributed by atoms with E-state index in [1.165, 1.54) is 0 Å². The Morgan fingerprint density at radius 3 is 1.35 bits per heavy atom. The molecule has 0 saturated heterocycles. The monoisotopic (exact) mass is 306 g/mol. The number of benzene rings is 2. The van der Waals surface area contributed by atoms with Crippen LogP contribution in [0.1, 0.15) is 0 Å². The predicted molar refractivity (Wildman–Crippen MR) is 86.7 cm³/mol. The molecule has 0 spiro atoms. The Hall–Kier alpha value is -2.04. The van der Waals surface area contributed by atoms with Gasteiger partial charge in [0.25, 0.3) is 0 Å². The van der Waals surface area contributed by atoms with Crippen LogP contribution in [0, 0.1) is 0 Å². The lowest BCUT2D eigenvalue weighted by Crippen LogP contribution is -2.05. The normalized spacial score (nSPS) is 12.1. The van der Waals surface area contributed by atoms with Crippen molar-refractivity contribution in [3.63, 3.8) is 0 Å². The molecule has 0 aliphatic heterocycles. The predicted octanol–water partition coefficient (Wildman–Crippen LogP) is 4.32. The molecule has 2 aromatic carbocycles. The molecule has 0 aliphatic rings. The van der Waals surface area contributed by atoms with Crippen LogP contribution in [0.15, 0.2) is 70.9 Å². The molecule has 0 saturated carbocycles. The number of halogens is 2. The van der Waals surface area contributed by atoms with Crippen molar-refractivity contribution >= 4 is 44.9 Å². The molecule has 0 atom stereocenters. The van der Waals surface area contributed by atoms with Crippen LogP contribution in [0.2, 0.25) is 0 Å². The topological polar surface area (TPSA) is 48.8 Å². The van der Waals surface area contributed by atoms with E-state index in [4.69, 9.17) is 23.2 Å². The molecule has 0 radical (unpaired) electrons. The molecule has 102 valence electrons. The fraction of sp³-hybridized carbons (Fsp3) is 0. The van der Waals surface area contributed by atoms with Crippen LogP contribution in [0.25, 0.3) is 0 Å². The molecule has 2 rings (SSSR count). The number of anilines is 2. The number of rotatable bonds is 5. The van der Waals surface area contributed by atoms with Gasteiger partial charge in [-0.3, -0.25) is 10.9 Å². The first-order valence-corrected chi connectivity index (χ1v) is 6.60. The molecule has 4 nitrogen and oxygen atoms in total. The summed E-state index contributed by atoms with van der Waals surface area (Å²) in [5, 5.41) is 8.01. The largest absolute Gasteiger partial charge is 0.277 e. The summed E-state index contributed by atoms with van der Waals surface area (Å²) < 4.78 is 0. The number of hydrogen-bond acceptors (Lipinski definition) is 4. The summed E-state index contributed by atoms with van der Waals surface area (Å²) in [4.78, 5) is 0. The van der Waals surface area contributed by atoms with Crippen molar-refractivity contribution in [2.45, 2.75) is 0 Å². The van der Waals surface area contributed by atoms with Crippen molar-refractivity contribution in [2.75, 3.05) is 10.9 Å². The first-order valence-electron chi connectivity index (χ1n) is 5.84. The molecule has 0 unspecified atom stereocenters. The minimum Gasteiger partial charge on any atom is -0.277 e. The van der Waals surface area contributed by atoms with Crippen LogP contribution >= 0.6 is 23.2 Å². The van der Waals surface area contributed by atoms with Gasteiger partial charge < -0.3 is 0 Å². The smallest absolute Gasteiger partial charge is 0.188 e. The van der Waals surface area contributed by atoms with Crippen molar-refractivity contribution in [1.29, 1.82) is 0 Å². The Kier molecular flexibility index (Phi) is 5.41. The highest BCUT2D eigenvalue weighted by atomic mass is 35.5. The molecule has 6 heteroatoms. The van der Waals surface area contributed by atoms with E-state index >= 15 is 0 Å². The Balaban J connectivity index is 1.95. The fourth-order valence-electron chi connectivity index (χ4n) is 1.34. The molecular formula is C14H12Cl2N4. The average Bonchev–Trinajstić information content (AvgIpc) is 2.52. The van der Waals surface area contributed by atoms with Crippen LogP contribution in [-0.4, -0.2) is 10.3 Å². The second-order valence-electron chi connectivity index (χ2n) is 3.76. The van der Waals surface area contributed by atoms with Crippen LogP contribution in [0.5, 0.6) is 0 Å². The van der Waals surface area contributed by atoms with Gasteiger partial charge in [0, 0.05) is 0 Å². The van der Waals surface area contributed by atoms with Gasteiger partial charge in [-0.1, -0.05) is 59.6 Å². The van der Waals surface area contributed by atoms with Crippen LogP contribution < -0.4 is 10.9 Å². The number of hydrogen-bond donors (Lipinski definition) is 2. The van der Waals surface area contributed by atoms with Gasteiger partial charge in [0.05, 0.1) is 11.4 Å². The maximum absolute atomic E-state index is 5.93. The van der Waals surface area contributed by atoms with E-state index in [1.807, 2.05) is 60.7 Å². The number of para-hydroxylation sites is 2. The second-order valence-corrected chi connectivity index (χ2v) is 4.48. The lowest BCUT2D eigenvalue weighted by atomic mass is 10.3. The Morgan fingerprint density at radius 1 is 0.650 bits per heavy atom. The van der Waals surface area contributed by atoms with Gasteiger partial charge in [-0.25, -0.2) is 0 Å². The van der Waals surface area contributed by atoms with Crippen molar-refractivity contribution in [2.24, 2.45) is 10.2 Å². The third kappa shape index (κ3) is 4.57. The van der Waals surface area contributed by atoms with E-state index in [1.54, 1.807) is 0 Å². The molecule has 0 aliphatic carbocycles. The van der Waals surface area contributed by atoms with Crippen LogP contribution in [-0.2, 0) is 0 Å². The highest BCUT2D eigenvalue weighted by Crippen LogP contribution is 2.08. The lowest BCUT2D eigenvalue weighted by Gasteiger charge is -2.02. The average molecular weight is 307 g/mol. The molecule has 0 fully saturated rings. The molecule has 0 amide bonds. The number of nitrogens with one attached hydrogen (secondary N) is 2.